The molecule has 0 saturated carbocycles. The van der Waals surface area contributed by atoms with Crippen molar-refractivity contribution < 1.29 is 14.3 Å². The van der Waals surface area contributed by atoms with E-state index in [2.05, 4.69) is 10.1 Å². The summed E-state index contributed by atoms with van der Waals surface area (Å²) in [5.41, 5.74) is 0. The second kappa shape index (κ2) is 7.17. The Labute approximate surface area is 84.4 Å². The largest absolute Gasteiger partial charge is 0.450 e. The number of carbonyl (C=O) groups excluding carboxylic acids is 2. The second-order valence-corrected chi connectivity index (χ2v) is 2.64. The third-order valence-corrected chi connectivity index (χ3v) is 1.78. The molecule has 5 nitrogen and oxygen atoms in total. The zero-order valence-electron chi connectivity index (χ0n) is 9.00. The van der Waals surface area contributed by atoms with Gasteiger partial charge in [0, 0.05) is 13.1 Å². The molecule has 82 valence electrons. The van der Waals surface area contributed by atoms with E-state index in [4.69, 9.17) is 0 Å². The van der Waals surface area contributed by atoms with Gasteiger partial charge in [0.25, 0.3) is 0 Å². The van der Waals surface area contributed by atoms with Crippen molar-refractivity contribution in [2.75, 3.05) is 26.2 Å². The fourth-order valence-corrected chi connectivity index (χ4v) is 1.02. The predicted octanol–water partition coefficient (Wildman–Crippen LogP) is 0.601. The monoisotopic (exact) mass is 202 g/mol. The molecule has 5 heteroatoms. The molecule has 0 fully saturated rings. The van der Waals surface area contributed by atoms with Gasteiger partial charge in [-0.05, 0) is 20.8 Å². The standard InChI is InChI=1S/C9H18N2O3/c1-4-11(5-2)8(12)7-10-9(13)14-6-3/h4-7H2,1-3H3,(H,10,13). The number of nitrogens with zero attached hydrogens (tertiary/aromatic N) is 1. The van der Waals surface area contributed by atoms with Gasteiger partial charge < -0.3 is 15.0 Å². The first kappa shape index (κ1) is 12.7. The third kappa shape index (κ3) is 4.69. The molecule has 0 saturated heterocycles. The summed E-state index contributed by atoms with van der Waals surface area (Å²) in [5, 5.41) is 2.38. The van der Waals surface area contributed by atoms with Crippen molar-refractivity contribution in [3.05, 3.63) is 0 Å². The highest BCUT2D eigenvalue weighted by atomic mass is 16.5. The number of alkyl carbamates (subject to hydrolysis) is 1. The molecule has 0 atom stereocenters. The number of carbonyl (C=O) groups is 2. The molecule has 0 aliphatic heterocycles. The first-order chi connectivity index (χ1) is 6.65. The van der Waals surface area contributed by atoms with Crippen molar-refractivity contribution >= 4 is 12.0 Å². The Morgan fingerprint density at radius 3 is 2.21 bits per heavy atom. The summed E-state index contributed by atoms with van der Waals surface area (Å²) in [6.07, 6.45) is -0.548. The molecule has 0 spiro atoms. The second-order valence-electron chi connectivity index (χ2n) is 2.64. The number of hydrogen-bond donors (Lipinski definition) is 1. The molecule has 0 aliphatic rings. The van der Waals surface area contributed by atoms with Crippen molar-refractivity contribution in [3.63, 3.8) is 0 Å². The van der Waals surface area contributed by atoms with E-state index in [1.165, 1.54) is 0 Å². The Balaban J connectivity index is 3.77. The van der Waals surface area contributed by atoms with Crippen molar-refractivity contribution in [1.29, 1.82) is 0 Å². The van der Waals surface area contributed by atoms with Crippen molar-refractivity contribution in [2.45, 2.75) is 20.8 Å². The van der Waals surface area contributed by atoms with Crippen LogP contribution in [0.5, 0.6) is 0 Å². The van der Waals surface area contributed by atoms with Gasteiger partial charge in [-0.1, -0.05) is 0 Å². The van der Waals surface area contributed by atoms with E-state index in [0.29, 0.717) is 19.7 Å². The quantitative estimate of drug-likeness (QED) is 0.710. The van der Waals surface area contributed by atoms with E-state index in [1.807, 2.05) is 13.8 Å². The lowest BCUT2D eigenvalue weighted by atomic mass is 10.4. The molecule has 0 bridgehead atoms. The maximum atomic E-state index is 11.4. The van der Waals surface area contributed by atoms with Gasteiger partial charge in [0.1, 0.15) is 6.54 Å². The minimum atomic E-state index is -0.548. The lowest BCUT2D eigenvalue weighted by molar-refractivity contribution is -0.129. The number of ether oxygens (including phenoxy) is 1. The Morgan fingerprint density at radius 1 is 1.21 bits per heavy atom. The van der Waals surface area contributed by atoms with Gasteiger partial charge in [-0.25, -0.2) is 4.79 Å². The van der Waals surface area contributed by atoms with E-state index in [-0.39, 0.29) is 12.5 Å². The maximum absolute atomic E-state index is 11.4. The number of likely N-dealkylation sites (N-methyl/N-ethyl adjacent to an activating group) is 1. The predicted molar refractivity (Wildman–Crippen MR) is 53.0 cm³/mol. The lowest BCUT2D eigenvalue weighted by Crippen LogP contribution is -2.40. The summed E-state index contributed by atoms with van der Waals surface area (Å²) < 4.78 is 4.62. The molecular weight excluding hydrogens is 184 g/mol. The lowest BCUT2D eigenvalue weighted by Gasteiger charge is -2.18. The zero-order chi connectivity index (χ0) is 11.0. The van der Waals surface area contributed by atoms with Crippen molar-refractivity contribution in [3.8, 4) is 0 Å². The van der Waals surface area contributed by atoms with Crippen LogP contribution in [0.2, 0.25) is 0 Å². The van der Waals surface area contributed by atoms with Crippen LogP contribution in [0.15, 0.2) is 0 Å². The van der Waals surface area contributed by atoms with Crippen LogP contribution in [0, 0.1) is 0 Å². The Kier molecular flexibility index (Phi) is 6.53. The maximum Gasteiger partial charge on any atom is 0.407 e. The molecule has 2 amide bonds. The van der Waals surface area contributed by atoms with Crippen LogP contribution in [0.4, 0.5) is 4.79 Å². The van der Waals surface area contributed by atoms with Gasteiger partial charge in [-0.3, -0.25) is 4.79 Å². The average molecular weight is 202 g/mol. The number of hydrogen-bond acceptors (Lipinski definition) is 3. The zero-order valence-corrected chi connectivity index (χ0v) is 9.00. The van der Waals surface area contributed by atoms with Gasteiger partial charge >= 0.3 is 6.09 Å². The molecule has 0 aromatic carbocycles. The minimum Gasteiger partial charge on any atom is -0.450 e. The smallest absolute Gasteiger partial charge is 0.407 e. The summed E-state index contributed by atoms with van der Waals surface area (Å²) in [4.78, 5) is 23.9. The van der Waals surface area contributed by atoms with E-state index < -0.39 is 6.09 Å². The van der Waals surface area contributed by atoms with Crippen molar-refractivity contribution in [2.24, 2.45) is 0 Å². The molecule has 1 N–H and O–H groups in total. The number of nitrogens with one attached hydrogen (secondary N) is 1. The Hall–Kier alpha value is -1.26. The molecule has 0 unspecified atom stereocenters. The van der Waals surface area contributed by atoms with E-state index in [9.17, 15) is 9.59 Å². The Bertz CT molecular complexity index is 190. The highest BCUT2D eigenvalue weighted by Gasteiger charge is 2.10. The highest BCUT2D eigenvalue weighted by molar-refractivity contribution is 5.82. The van der Waals surface area contributed by atoms with Gasteiger partial charge in [0.05, 0.1) is 6.61 Å². The fourth-order valence-electron chi connectivity index (χ4n) is 1.02. The normalized spacial score (nSPS) is 9.36. The number of amides is 2. The summed E-state index contributed by atoms with van der Waals surface area (Å²) in [5.74, 6) is -0.0944. The van der Waals surface area contributed by atoms with Gasteiger partial charge in [0.15, 0.2) is 0 Å². The summed E-state index contributed by atoms with van der Waals surface area (Å²) in [6, 6.07) is 0. The van der Waals surface area contributed by atoms with Gasteiger partial charge in [0.2, 0.25) is 5.91 Å². The first-order valence-corrected chi connectivity index (χ1v) is 4.84. The molecule has 0 aromatic heterocycles. The van der Waals surface area contributed by atoms with Crippen LogP contribution < -0.4 is 5.32 Å². The third-order valence-electron chi connectivity index (χ3n) is 1.78. The molecule has 14 heavy (non-hydrogen) atoms. The first-order valence-electron chi connectivity index (χ1n) is 4.84. The van der Waals surface area contributed by atoms with Crippen LogP contribution in [-0.4, -0.2) is 43.1 Å². The van der Waals surface area contributed by atoms with Crippen molar-refractivity contribution in [1.82, 2.24) is 10.2 Å². The highest BCUT2D eigenvalue weighted by Crippen LogP contribution is 1.87. The molecule has 0 aliphatic carbocycles. The van der Waals surface area contributed by atoms with Gasteiger partial charge in [-0.2, -0.15) is 0 Å². The van der Waals surface area contributed by atoms with Gasteiger partial charge in [-0.15, -0.1) is 0 Å². The average Bonchev–Trinajstić information content (AvgIpc) is 2.17. The molecule has 0 heterocycles. The van der Waals surface area contributed by atoms with Crippen LogP contribution in [0.1, 0.15) is 20.8 Å². The SMILES string of the molecule is CCOC(=O)NCC(=O)N(CC)CC. The Morgan fingerprint density at radius 2 is 1.79 bits per heavy atom. The summed E-state index contributed by atoms with van der Waals surface area (Å²) in [7, 11) is 0. The van der Waals surface area contributed by atoms with E-state index in [0.717, 1.165) is 0 Å². The minimum absolute atomic E-state index is 0.000509. The van der Waals surface area contributed by atoms with E-state index in [1.54, 1.807) is 11.8 Å². The topological polar surface area (TPSA) is 58.6 Å². The molecule has 0 radical (unpaired) electrons. The van der Waals surface area contributed by atoms with Crippen LogP contribution >= 0.6 is 0 Å². The van der Waals surface area contributed by atoms with E-state index >= 15 is 0 Å². The summed E-state index contributed by atoms with van der Waals surface area (Å²) >= 11 is 0. The molecule has 0 rings (SSSR count). The molecule has 0 aromatic rings. The summed E-state index contributed by atoms with van der Waals surface area (Å²) in [6.45, 7) is 7.12. The van der Waals surface area contributed by atoms with Crippen LogP contribution in [0.3, 0.4) is 0 Å². The fraction of sp³-hybridized carbons (Fsp3) is 0.778. The number of rotatable bonds is 5. The van der Waals surface area contributed by atoms with Crippen LogP contribution in [-0.2, 0) is 9.53 Å². The molecular formula is C9H18N2O3. The van der Waals surface area contributed by atoms with Crippen LogP contribution in [0.25, 0.3) is 0 Å².